The van der Waals surface area contributed by atoms with Gasteiger partial charge < -0.3 is 15.5 Å². The summed E-state index contributed by atoms with van der Waals surface area (Å²) in [7, 11) is 0. The third kappa shape index (κ3) is 6.38. The standard InChI is InChI=1S/C18H26F4N4/c1-3-23-17(24-9-8-18(20,21)22)25-15-5-4-10-26(12-15)16-7-6-14(19)11-13(16)2/h6-7,11,15H,3-5,8-10,12H2,1-2H3,(H2,23,24,25). The second-order valence-electron chi connectivity index (χ2n) is 6.49. The van der Waals surface area contributed by atoms with E-state index >= 15 is 0 Å². The number of hydrogen-bond acceptors (Lipinski definition) is 2. The molecule has 0 spiro atoms. The van der Waals surface area contributed by atoms with Gasteiger partial charge in [0, 0.05) is 31.4 Å². The number of halogens is 4. The minimum atomic E-state index is -4.21. The lowest BCUT2D eigenvalue weighted by molar-refractivity contribution is -0.132. The first-order valence-electron chi connectivity index (χ1n) is 8.91. The molecule has 26 heavy (non-hydrogen) atoms. The van der Waals surface area contributed by atoms with Crippen LogP contribution in [-0.4, -0.2) is 44.4 Å². The van der Waals surface area contributed by atoms with E-state index in [-0.39, 0.29) is 18.4 Å². The molecular formula is C18H26F4N4. The lowest BCUT2D eigenvalue weighted by Gasteiger charge is -2.36. The summed E-state index contributed by atoms with van der Waals surface area (Å²) in [5.74, 6) is 0.142. The maximum atomic E-state index is 13.3. The number of benzene rings is 1. The van der Waals surface area contributed by atoms with Gasteiger partial charge in [0.2, 0.25) is 0 Å². The fourth-order valence-electron chi connectivity index (χ4n) is 3.10. The number of hydrogen-bond donors (Lipinski definition) is 2. The molecule has 1 fully saturated rings. The van der Waals surface area contributed by atoms with Gasteiger partial charge in [0.05, 0.1) is 13.0 Å². The molecule has 1 unspecified atom stereocenters. The molecule has 0 radical (unpaired) electrons. The summed E-state index contributed by atoms with van der Waals surface area (Å²) >= 11 is 0. The normalized spacial score (nSPS) is 18.8. The molecule has 2 rings (SSSR count). The van der Waals surface area contributed by atoms with E-state index in [4.69, 9.17) is 0 Å². The molecule has 0 amide bonds. The van der Waals surface area contributed by atoms with Gasteiger partial charge in [0.15, 0.2) is 5.96 Å². The van der Waals surface area contributed by atoms with Gasteiger partial charge in [-0.05, 0) is 50.5 Å². The quantitative estimate of drug-likeness (QED) is 0.470. The monoisotopic (exact) mass is 374 g/mol. The Bertz CT molecular complexity index is 616. The molecule has 1 atom stereocenters. The average Bonchev–Trinajstić information content (AvgIpc) is 2.54. The van der Waals surface area contributed by atoms with E-state index in [1.165, 1.54) is 12.1 Å². The molecule has 0 bridgehead atoms. The van der Waals surface area contributed by atoms with Gasteiger partial charge in [0.25, 0.3) is 0 Å². The van der Waals surface area contributed by atoms with Crippen molar-refractivity contribution in [2.75, 3.05) is 31.1 Å². The van der Waals surface area contributed by atoms with E-state index in [0.29, 0.717) is 19.0 Å². The van der Waals surface area contributed by atoms with Gasteiger partial charge in [0.1, 0.15) is 5.82 Å². The topological polar surface area (TPSA) is 39.7 Å². The molecule has 0 aliphatic carbocycles. The highest BCUT2D eigenvalue weighted by molar-refractivity contribution is 5.80. The number of rotatable bonds is 5. The second-order valence-corrected chi connectivity index (χ2v) is 6.49. The van der Waals surface area contributed by atoms with Crippen LogP contribution in [0.25, 0.3) is 0 Å². The lowest BCUT2D eigenvalue weighted by Crippen LogP contribution is -2.51. The Morgan fingerprint density at radius 2 is 2.12 bits per heavy atom. The van der Waals surface area contributed by atoms with Crippen LogP contribution in [0.5, 0.6) is 0 Å². The Hall–Kier alpha value is -1.99. The van der Waals surface area contributed by atoms with Crippen molar-refractivity contribution < 1.29 is 17.6 Å². The highest BCUT2D eigenvalue weighted by Crippen LogP contribution is 2.24. The first-order chi connectivity index (χ1) is 12.3. The summed E-state index contributed by atoms with van der Waals surface area (Å²) in [5, 5.41) is 6.22. The number of alkyl halides is 3. The largest absolute Gasteiger partial charge is 0.390 e. The number of guanidine groups is 1. The molecule has 1 aromatic rings. The zero-order valence-corrected chi connectivity index (χ0v) is 15.2. The molecule has 1 aliphatic heterocycles. The SMILES string of the molecule is CCNC(=NCCC(F)(F)F)NC1CCCN(c2ccc(F)cc2C)C1. The molecule has 1 aliphatic rings. The van der Waals surface area contributed by atoms with Crippen LogP contribution in [0.15, 0.2) is 23.2 Å². The Kier molecular flexibility index (Phi) is 7.11. The first kappa shape index (κ1) is 20.3. The smallest absolute Gasteiger partial charge is 0.369 e. The van der Waals surface area contributed by atoms with Crippen LogP contribution in [0.2, 0.25) is 0 Å². The van der Waals surface area contributed by atoms with Crippen LogP contribution in [0.3, 0.4) is 0 Å². The fraction of sp³-hybridized carbons (Fsp3) is 0.611. The Balaban J connectivity index is 1.99. The number of nitrogens with one attached hydrogen (secondary N) is 2. The van der Waals surface area contributed by atoms with Crippen molar-refractivity contribution in [1.29, 1.82) is 0 Å². The van der Waals surface area contributed by atoms with Crippen LogP contribution in [0, 0.1) is 12.7 Å². The number of aryl methyl sites for hydroxylation is 1. The molecule has 0 saturated carbocycles. The van der Waals surface area contributed by atoms with E-state index in [2.05, 4.69) is 20.5 Å². The van der Waals surface area contributed by atoms with Gasteiger partial charge in [-0.25, -0.2) is 4.39 Å². The summed E-state index contributed by atoms with van der Waals surface area (Å²) in [6.45, 7) is 5.58. The molecule has 0 aromatic heterocycles. The molecule has 146 valence electrons. The molecule has 1 aromatic carbocycles. The van der Waals surface area contributed by atoms with Crippen molar-refractivity contribution in [3.63, 3.8) is 0 Å². The van der Waals surface area contributed by atoms with E-state index < -0.39 is 12.6 Å². The predicted molar refractivity (Wildman–Crippen MR) is 96.2 cm³/mol. The lowest BCUT2D eigenvalue weighted by atomic mass is 10.0. The molecule has 1 saturated heterocycles. The zero-order valence-electron chi connectivity index (χ0n) is 15.2. The van der Waals surface area contributed by atoms with E-state index in [0.717, 1.165) is 30.6 Å². The highest BCUT2D eigenvalue weighted by Gasteiger charge is 2.26. The van der Waals surface area contributed by atoms with Crippen LogP contribution in [0.4, 0.5) is 23.2 Å². The highest BCUT2D eigenvalue weighted by atomic mass is 19.4. The first-order valence-corrected chi connectivity index (χ1v) is 8.91. The Morgan fingerprint density at radius 1 is 1.35 bits per heavy atom. The number of piperidine rings is 1. The summed E-state index contributed by atoms with van der Waals surface area (Å²) in [5.41, 5.74) is 1.85. The number of aliphatic imine (C=N–C) groups is 1. The van der Waals surface area contributed by atoms with E-state index in [1.807, 2.05) is 13.8 Å². The molecule has 4 nitrogen and oxygen atoms in total. The summed E-state index contributed by atoms with van der Waals surface area (Å²) < 4.78 is 50.3. The fourth-order valence-corrected chi connectivity index (χ4v) is 3.10. The summed E-state index contributed by atoms with van der Waals surface area (Å²) in [6, 6.07) is 4.80. The molecule has 1 heterocycles. The Labute approximate surface area is 151 Å². The molecule has 2 N–H and O–H groups in total. The van der Waals surface area contributed by atoms with Crippen molar-refractivity contribution in [3.05, 3.63) is 29.6 Å². The third-order valence-corrected chi connectivity index (χ3v) is 4.27. The van der Waals surface area contributed by atoms with Crippen molar-refractivity contribution in [1.82, 2.24) is 10.6 Å². The van der Waals surface area contributed by atoms with Crippen molar-refractivity contribution in [2.45, 2.75) is 45.3 Å². The van der Waals surface area contributed by atoms with Crippen molar-refractivity contribution in [2.24, 2.45) is 4.99 Å². The maximum absolute atomic E-state index is 13.3. The van der Waals surface area contributed by atoms with Gasteiger partial charge in [-0.15, -0.1) is 0 Å². The van der Waals surface area contributed by atoms with Gasteiger partial charge in [-0.2, -0.15) is 13.2 Å². The van der Waals surface area contributed by atoms with Gasteiger partial charge in [-0.3, -0.25) is 4.99 Å². The molecule has 8 heteroatoms. The van der Waals surface area contributed by atoms with Crippen LogP contribution >= 0.6 is 0 Å². The summed E-state index contributed by atoms with van der Waals surface area (Å²) in [6.07, 6.45) is -3.30. The maximum Gasteiger partial charge on any atom is 0.390 e. The predicted octanol–water partition coefficient (Wildman–Crippen LogP) is 3.61. The van der Waals surface area contributed by atoms with Gasteiger partial charge >= 0.3 is 6.18 Å². The van der Waals surface area contributed by atoms with E-state index in [1.54, 1.807) is 6.07 Å². The number of nitrogens with zero attached hydrogens (tertiary/aromatic N) is 2. The number of anilines is 1. The molecular weight excluding hydrogens is 348 g/mol. The van der Waals surface area contributed by atoms with Crippen LogP contribution in [0.1, 0.15) is 31.7 Å². The minimum Gasteiger partial charge on any atom is -0.369 e. The van der Waals surface area contributed by atoms with E-state index in [9.17, 15) is 17.6 Å². The zero-order chi connectivity index (χ0) is 19.2. The summed E-state index contributed by atoms with van der Waals surface area (Å²) in [4.78, 5) is 6.20. The average molecular weight is 374 g/mol. The second kappa shape index (κ2) is 9.09. The van der Waals surface area contributed by atoms with Gasteiger partial charge in [-0.1, -0.05) is 0 Å². The van der Waals surface area contributed by atoms with Crippen LogP contribution in [-0.2, 0) is 0 Å². The third-order valence-electron chi connectivity index (χ3n) is 4.27. The van der Waals surface area contributed by atoms with Crippen molar-refractivity contribution >= 4 is 11.6 Å². The van der Waals surface area contributed by atoms with Crippen LogP contribution < -0.4 is 15.5 Å². The Morgan fingerprint density at radius 3 is 2.77 bits per heavy atom. The van der Waals surface area contributed by atoms with Crippen molar-refractivity contribution in [3.8, 4) is 0 Å². The minimum absolute atomic E-state index is 0.0666.